The number of aromatic nitrogens is 2. The van der Waals surface area contributed by atoms with Gasteiger partial charge in [-0.1, -0.05) is 18.7 Å². The smallest absolute Gasteiger partial charge is 0.191 e. The van der Waals surface area contributed by atoms with Gasteiger partial charge >= 0.3 is 0 Å². The van der Waals surface area contributed by atoms with Crippen LogP contribution in [0.5, 0.6) is 0 Å². The van der Waals surface area contributed by atoms with Crippen LogP contribution >= 0.6 is 23.5 Å². The third-order valence-corrected chi connectivity index (χ3v) is 5.07. The first kappa shape index (κ1) is 14.8. The molecule has 1 atom stereocenters. The first-order valence-electron chi connectivity index (χ1n) is 6.80. The van der Waals surface area contributed by atoms with Crippen molar-refractivity contribution in [3.63, 3.8) is 0 Å². The molecule has 2 rings (SSSR count). The molecule has 0 saturated carbocycles. The molecule has 1 aromatic rings. The Morgan fingerprint density at radius 3 is 3.00 bits per heavy atom. The van der Waals surface area contributed by atoms with Crippen LogP contribution in [0.3, 0.4) is 0 Å². The Balaban J connectivity index is 2.19. The topological polar surface area (TPSA) is 41.0 Å². The molecule has 0 spiro atoms. The maximum atomic E-state index is 4.66. The number of rotatable bonds is 5. The fourth-order valence-corrected chi connectivity index (χ4v) is 3.67. The molecule has 6 heteroatoms. The van der Waals surface area contributed by atoms with Crippen molar-refractivity contribution in [3.8, 4) is 0 Å². The second-order valence-corrected chi connectivity index (χ2v) is 6.66. The summed E-state index contributed by atoms with van der Waals surface area (Å²) in [4.78, 5) is 11.5. The van der Waals surface area contributed by atoms with Gasteiger partial charge in [-0.05, 0) is 19.6 Å². The van der Waals surface area contributed by atoms with Gasteiger partial charge in [0.2, 0.25) is 0 Å². The normalized spacial score (nSPS) is 19.5. The molecule has 1 aliphatic rings. The molecule has 19 heavy (non-hydrogen) atoms. The van der Waals surface area contributed by atoms with Crippen LogP contribution in [-0.2, 0) is 0 Å². The first-order chi connectivity index (χ1) is 9.26. The van der Waals surface area contributed by atoms with Gasteiger partial charge in [0.25, 0.3) is 0 Å². The summed E-state index contributed by atoms with van der Waals surface area (Å²) in [6.45, 7) is 7.41. The zero-order valence-corrected chi connectivity index (χ0v) is 13.5. The van der Waals surface area contributed by atoms with Gasteiger partial charge < -0.3 is 10.2 Å². The summed E-state index contributed by atoms with van der Waals surface area (Å²) in [7, 11) is 0. The van der Waals surface area contributed by atoms with Crippen molar-refractivity contribution in [1.82, 2.24) is 9.97 Å². The Labute approximate surface area is 124 Å². The second-order valence-electron chi connectivity index (χ2n) is 4.48. The lowest BCUT2D eigenvalue weighted by Crippen LogP contribution is -2.38. The van der Waals surface area contributed by atoms with Crippen molar-refractivity contribution in [2.45, 2.75) is 30.7 Å². The minimum Gasteiger partial charge on any atom is -0.370 e. The number of anilines is 2. The molecule has 0 aromatic carbocycles. The summed E-state index contributed by atoms with van der Waals surface area (Å²) in [6.07, 6.45) is 3.25. The predicted molar refractivity (Wildman–Crippen MR) is 86.7 cm³/mol. The highest BCUT2D eigenvalue weighted by Gasteiger charge is 2.21. The van der Waals surface area contributed by atoms with Gasteiger partial charge in [0.15, 0.2) is 5.16 Å². The van der Waals surface area contributed by atoms with E-state index in [1.54, 1.807) is 11.8 Å². The Morgan fingerprint density at radius 1 is 1.47 bits per heavy atom. The second kappa shape index (κ2) is 7.24. The van der Waals surface area contributed by atoms with Crippen molar-refractivity contribution < 1.29 is 0 Å². The third kappa shape index (κ3) is 3.92. The molecule has 1 unspecified atom stereocenters. The molecule has 0 radical (unpaired) electrons. The van der Waals surface area contributed by atoms with Crippen LogP contribution in [0.4, 0.5) is 11.6 Å². The van der Waals surface area contributed by atoms with Crippen LogP contribution in [0, 0.1) is 0 Å². The number of hydrogen-bond acceptors (Lipinski definition) is 6. The SMILES string of the molecule is CCNc1cc(N2CCSC(CC)C2)nc(SC)n1. The van der Waals surface area contributed by atoms with Gasteiger partial charge in [0.05, 0.1) is 0 Å². The van der Waals surface area contributed by atoms with Crippen LogP contribution in [0.1, 0.15) is 20.3 Å². The lowest BCUT2D eigenvalue weighted by atomic mass is 10.3. The van der Waals surface area contributed by atoms with E-state index in [-0.39, 0.29) is 0 Å². The average Bonchev–Trinajstić information content (AvgIpc) is 2.47. The molecular weight excluding hydrogens is 276 g/mol. The third-order valence-electron chi connectivity index (χ3n) is 3.15. The minimum atomic E-state index is 0.726. The largest absolute Gasteiger partial charge is 0.370 e. The van der Waals surface area contributed by atoms with Crippen LogP contribution < -0.4 is 10.2 Å². The van der Waals surface area contributed by atoms with E-state index in [4.69, 9.17) is 0 Å². The molecule has 2 heterocycles. The lowest BCUT2D eigenvalue weighted by molar-refractivity contribution is 0.713. The van der Waals surface area contributed by atoms with E-state index in [0.29, 0.717) is 0 Å². The summed E-state index contributed by atoms with van der Waals surface area (Å²) >= 11 is 3.68. The lowest BCUT2D eigenvalue weighted by Gasteiger charge is -2.33. The zero-order chi connectivity index (χ0) is 13.7. The van der Waals surface area contributed by atoms with Crippen LogP contribution in [0.25, 0.3) is 0 Å². The maximum absolute atomic E-state index is 4.66. The molecule has 1 N–H and O–H groups in total. The van der Waals surface area contributed by atoms with Crippen molar-refractivity contribution >= 4 is 35.2 Å². The Kier molecular flexibility index (Phi) is 5.63. The van der Waals surface area contributed by atoms with Gasteiger partial charge in [-0.3, -0.25) is 0 Å². The first-order valence-corrected chi connectivity index (χ1v) is 9.07. The van der Waals surface area contributed by atoms with Gasteiger partial charge in [-0.25, -0.2) is 9.97 Å². The molecule has 0 bridgehead atoms. The summed E-state index contributed by atoms with van der Waals surface area (Å²) in [5.74, 6) is 3.19. The van der Waals surface area contributed by atoms with E-state index < -0.39 is 0 Å². The molecule has 1 saturated heterocycles. The number of thioether (sulfide) groups is 2. The predicted octanol–water partition coefficient (Wildman–Crippen LogP) is 2.96. The molecule has 1 aliphatic heterocycles. The Bertz CT molecular complexity index is 414. The molecule has 1 fully saturated rings. The van der Waals surface area contributed by atoms with Gasteiger partial charge in [-0.15, -0.1) is 0 Å². The molecular formula is C13H22N4S2. The zero-order valence-electron chi connectivity index (χ0n) is 11.8. The summed E-state index contributed by atoms with van der Waals surface area (Å²) in [5.41, 5.74) is 0. The van der Waals surface area contributed by atoms with E-state index >= 15 is 0 Å². The molecule has 106 valence electrons. The van der Waals surface area contributed by atoms with Gasteiger partial charge in [0.1, 0.15) is 11.6 Å². The van der Waals surface area contributed by atoms with Crippen molar-refractivity contribution in [2.75, 3.05) is 41.9 Å². The highest BCUT2D eigenvalue weighted by atomic mass is 32.2. The van der Waals surface area contributed by atoms with Crippen molar-refractivity contribution in [3.05, 3.63) is 6.07 Å². The average molecular weight is 298 g/mol. The van der Waals surface area contributed by atoms with Crippen LogP contribution in [-0.4, -0.2) is 46.9 Å². The van der Waals surface area contributed by atoms with E-state index in [1.807, 2.05) is 6.26 Å². The fourth-order valence-electron chi connectivity index (χ4n) is 2.11. The van der Waals surface area contributed by atoms with E-state index in [0.717, 1.165) is 41.7 Å². The fraction of sp³-hybridized carbons (Fsp3) is 0.692. The monoisotopic (exact) mass is 298 g/mol. The van der Waals surface area contributed by atoms with E-state index in [2.05, 4.69) is 51.9 Å². The summed E-state index contributed by atoms with van der Waals surface area (Å²) < 4.78 is 0. The molecule has 0 aliphatic carbocycles. The van der Waals surface area contributed by atoms with Gasteiger partial charge in [-0.2, -0.15) is 11.8 Å². The quantitative estimate of drug-likeness (QED) is 0.666. The number of nitrogens with zero attached hydrogens (tertiary/aromatic N) is 3. The number of hydrogen-bond donors (Lipinski definition) is 1. The highest BCUT2D eigenvalue weighted by Crippen LogP contribution is 2.27. The van der Waals surface area contributed by atoms with Crippen LogP contribution in [0.2, 0.25) is 0 Å². The van der Waals surface area contributed by atoms with E-state index in [1.165, 1.54) is 12.2 Å². The summed E-state index contributed by atoms with van der Waals surface area (Å²) in [5, 5.41) is 4.86. The standard InChI is InChI=1S/C13H22N4S2/c1-4-10-9-17(6-7-19-10)12-8-11(14-5-2)15-13(16-12)18-3/h8,10H,4-7,9H2,1-3H3,(H,14,15,16). The summed E-state index contributed by atoms with van der Waals surface area (Å²) in [6, 6.07) is 2.08. The van der Waals surface area contributed by atoms with Crippen LogP contribution in [0.15, 0.2) is 11.2 Å². The maximum Gasteiger partial charge on any atom is 0.191 e. The molecule has 4 nitrogen and oxygen atoms in total. The Morgan fingerprint density at radius 2 is 2.32 bits per heavy atom. The molecule has 0 amide bonds. The highest BCUT2D eigenvalue weighted by molar-refractivity contribution is 8.00. The Hall–Kier alpha value is -0.620. The van der Waals surface area contributed by atoms with Crippen molar-refractivity contribution in [2.24, 2.45) is 0 Å². The van der Waals surface area contributed by atoms with Gasteiger partial charge in [0, 0.05) is 36.7 Å². The molecule has 1 aromatic heterocycles. The minimum absolute atomic E-state index is 0.726. The van der Waals surface area contributed by atoms with Crippen molar-refractivity contribution in [1.29, 1.82) is 0 Å². The van der Waals surface area contributed by atoms with E-state index in [9.17, 15) is 0 Å². The number of nitrogens with one attached hydrogen (secondary N) is 1.